The van der Waals surface area contributed by atoms with Crippen LogP contribution in [0.15, 0.2) is 78.0 Å². The zero-order valence-corrected chi connectivity index (χ0v) is 28.5. The van der Waals surface area contributed by atoms with Gasteiger partial charge in [-0.3, -0.25) is 43.6 Å². The highest BCUT2D eigenvalue weighted by Crippen LogP contribution is 2.35. The molecule has 0 spiro atoms. The quantitative estimate of drug-likeness (QED) is 0.171. The number of halogens is 1. The summed E-state index contributed by atoms with van der Waals surface area (Å²) in [5, 5.41) is 19.6. The second-order valence-corrected chi connectivity index (χ2v) is 13.2. The number of piperidine rings is 1. The number of nitrogens with one attached hydrogen (secondary N) is 2. The van der Waals surface area contributed by atoms with Crippen LogP contribution in [0.2, 0.25) is 5.02 Å². The van der Waals surface area contributed by atoms with Gasteiger partial charge in [-0.2, -0.15) is 5.10 Å². The van der Waals surface area contributed by atoms with E-state index in [0.717, 1.165) is 50.2 Å². The van der Waals surface area contributed by atoms with Crippen molar-refractivity contribution >= 4 is 46.6 Å². The molecule has 8 rings (SSSR count). The molecule has 2 atom stereocenters. The summed E-state index contributed by atoms with van der Waals surface area (Å²) in [7, 11) is 0. The molecule has 4 amide bonds. The zero-order valence-electron chi connectivity index (χ0n) is 27.8. The number of imide groups is 2. The maximum absolute atomic E-state index is 13.4. The Morgan fingerprint density at radius 1 is 0.941 bits per heavy atom. The van der Waals surface area contributed by atoms with Crippen molar-refractivity contribution in [2.45, 2.75) is 51.7 Å². The average Bonchev–Trinajstić information content (AvgIpc) is 3.80. The number of aryl methyl sites for hydroxylation is 2. The minimum absolute atomic E-state index is 0.0677. The Balaban J connectivity index is 0.984. The van der Waals surface area contributed by atoms with Gasteiger partial charge < -0.3 is 5.32 Å². The van der Waals surface area contributed by atoms with Crippen LogP contribution in [0.3, 0.4) is 0 Å². The maximum atomic E-state index is 13.4. The average molecular weight is 702 g/mol. The van der Waals surface area contributed by atoms with Crippen LogP contribution >= 0.6 is 11.6 Å². The van der Waals surface area contributed by atoms with Crippen LogP contribution in [0, 0.1) is 6.92 Å². The van der Waals surface area contributed by atoms with Crippen molar-refractivity contribution < 1.29 is 19.2 Å². The number of aliphatic imine (C=N–C) groups is 1. The van der Waals surface area contributed by atoms with Crippen LogP contribution in [0.4, 0.5) is 5.69 Å². The molecule has 0 radical (unpaired) electrons. The third-order valence-electron chi connectivity index (χ3n) is 9.47. The van der Waals surface area contributed by atoms with Gasteiger partial charge in [0, 0.05) is 53.1 Å². The zero-order chi connectivity index (χ0) is 35.4. The molecule has 5 aromatic rings. The van der Waals surface area contributed by atoms with E-state index in [-0.39, 0.29) is 30.0 Å². The van der Waals surface area contributed by atoms with E-state index in [9.17, 15) is 19.2 Å². The Morgan fingerprint density at radius 3 is 2.55 bits per heavy atom. The van der Waals surface area contributed by atoms with Crippen molar-refractivity contribution in [1.82, 2.24) is 34.8 Å². The summed E-state index contributed by atoms with van der Waals surface area (Å²) >= 11 is 6.22. The molecule has 2 N–H and O–H groups in total. The van der Waals surface area contributed by atoms with Crippen molar-refractivity contribution in [3.63, 3.8) is 0 Å². The first-order chi connectivity index (χ1) is 24.7. The lowest BCUT2D eigenvalue weighted by Gasteiger charge is -2.27. The molecule has 13 nitrogen and oxygen atoms in total. The van der Waals surface area contributed by atoms with Crippen LogP contribution in [-0.4, -0.2) is 71.4 Å². The SMILES string of the molecule is Cc1nnc2n1-c1ccc(-c3cnn(CCCNc4cccc5c4C(=O)N(C4CCC(=O)NC4=O)C5=O)c3)cc1C(c1ccc(Cl)cc1)=N[C@H]2C. The Morgan fingerprint density at radius 2 is 1.75 bits per heavy atom. The molecule has 3 aliphatic heterocycles. The van der Waals surface area contributed by atoms with Crippen molar-refractivity contribution in [2.75, 3.05) is 11.9 Å². The topological polar surface area (TPSA) is 156 Å². The summed E-state index contributed by atoms with van der Waals surface area (Å²) in [5.74, 6) is -0.568. The number of hydrogen-bond donors (Lipinski definition) is 2. The van der Waals surface area contributed by atoms with Crippen LogP contribution < -0.4 is 10.6 Å². The predicted octanol–water partition coefficient (Wildman–Crippen LogP) is 4.91. The molecular weight excluding hydrogens is 670 g/mol. The van der Waals surface area contributed by atoms with E-state index in [1.54, 1.807) is 18.2 Å². The Hall–Kier alpha value is -5.95. The Labute approximate surface area is 297 Å². The Bertz CT molecular complexity index is 2290. The Kier molecular flexibility index (Phi) is 8.06. The van der Waals surface area contributed by atoms with E-state index in [0.29, 0.717) is 30.2 Å². The van der Waals surface area contributed by atoms with Crippen LogP contribution in [-0.2, 0) is 16.1 Å². The fraction of sp³-hybridized carbons (Fsp3) is 0.243. The van der Waals surface area contributed by atoms with Gasteiger partial charge in [0.2, 0.25) is 11.8 Å². The first-order valence-electron chi connectivity index (χ1n) is 16.7. The molecule has 3 aromatic carbocycles. The van der Waals surface area contributed by atoms with Gasteiger partial charge in [-0.1, -0.05) is 35.9 Å². The van der Waals surface area contributed by atoms with E-state index in [1.807, 2.05) is 55.2 Å². The van der Waals surface area contributed by atoms with Crippen molar-refractivity contribution in [3.05, 3.63) is 112 Å². The van der Waals surface area contributed by atoms with Gasteiger partial charge in [0.15, 0.2) is 5.82 Å². The van der Waals surface area contributed by atoms with Gasteiger partial charge in [-0.15, -0.1) is 10.2 Å². The maximum Gasteiger partial charge on any atom is 0.264 e. The molecule has 0 saturated carbocycles. The van der Waals surface area contributed by atoms with Crippen molar-refractivity contribution in [1.29, 1.82) is 0 Å². The lowest BCUT2D eigenvalue weighted by atomic mass is 9.96. The van der Waals surface area contributed by atoms with Crippen LogP contribution in [0.1, 0.15) is 75.7 Å². The lowest BCUT2D eigenvalue weighted by Crippen LogP contribution is -2.54. The molecule has 1 unspecified atom stereocenters. The molecule has 51 heavy (non-hydrogen) atoms. The summed E-state index contributed by atoms with van der Waals surface area (Å²) < 4.78 is 3.93. The van der Waals surface area contributed by atoms with Gasteiger partial charge in [-0.25, -0.2) is 0 Å². The fourth-order valence-electron chi connectivity index (χ4n) is 6.97. The molecular formula is C37H32ClN9O4. The number of rotatable bonds is 8. The van der Waals surface area contributed by atoms with E-state index in [4.69, 9.17) is 16.6 Å². The number of hydrogen-bond acceptors (Lipinski definition) is 9. The molecule has 2 aromatic heterocycles. The number of aromatic nitrogens is 5. The smallest absolute Gasteiger partial charge is 0.264 e. The van der Waals surface area contributed by atoms with E-state index >= 15 is 0 Å². The highest BCUT2D eigenvalue weighted by atomic mass is 35.5. The summed E-state index contributed by atoms with van der Waals surface area (Å²) in [5.41, 5.74) is 6.59. The van der Waals surface area contributed by atoms with E-state index in [2.05, 4.69) is 48.7 Å². The van der Waals surface area contributed by atoms with E-state index in [1.165, 1.54) is 0 Å². The summed E-state index contributed by atoms with van der Waals surface area (Å²) in [4.78, 5) is 56.7. The first-order valence-corrected chi connectivity index (χ1v) is 17.1. The van der Waals surface area contributed by atoms with Gasteiger partial charge in [-0.05, 0) is 68.7 Å². The summed E-state index contributed by atoms with van der Waals surface area (Å²) in [6.45, 7) is 5.05. The van der Waals surface area contributed by atoms with Crippen LogP contribution in [0.25, 0.3) is 16.8 Å². The molecule has 1 fully saturated rings. The molecule has 14 heteroatoms. The molecule has 0 bridgehead atoms. The highest BCUT2D eigenvalue weighted by Gasteiger charge is 2.45. The third-order valence-corrected chi connectivity index (χ3v) is 9.72. The van der Waals surface area contributed by atoms with Crippen molar-refractivity contribution in [2.24, 2.45) is 4.99 Å². The van der Waals surface area contributed by atoms with Gasteiger partial charge in [0.1, 0.15) is 17.9 Å². The fourth-order valence-corrected chi connectivity index (χ4v) is 7.09. The molecule has 256 valence electrons. The first kappa shape index (κ1) is 32.3. The largest absolute Gasteiger partial charge is 0.384 e. The minimum atomic E-state index is -1.01. The van der Waals surface area contributed by atoms with Crippen molar-refractivity contribution in [3.8, 4) is 16.8 Å². The molecule has 0 aliphatic carbocycles. The predicted molar refractivity (Wildman–Crippen MR) is 189 cm³/mol. The number of amides is 4. The third kappa shape index (κ3) is 5.69. The number of fused-ring (bicyclic) bond motifs is 4. The summed E-state index contributed by atoms with van der Waals surface area (Å²) in [6.07, 6.45) is 4.68. The number of carbonyl (C=O) groups is 4. The normalized spacial score (nSPS) is 18.2. The second-order valence-electron chi connectivity index (χ2n) is 12.8. The molecule has 1 saturated heterocycles. The number of anilines is 1. The number of carbonyl (C=O) groups excluding carboxylic acids is 4. The highest BCUT2D eigenvalue weighted by molar-refractivity contribution is 6.30. The van der Waals surface area contributed by atoms with Gasteiger partial charge >= 0.3 is 0 Å². The number of nitrogens with zero attached hydrogens (tertiary/aromatic N) is 7. The van der Waals surface area contributed by atoms with Crippen LogP contribution in [0.5, 0.6) is 0 Å². The monoisotopic (exact) mass is 701 g/mol. The molecule has 5 heterocycles. The van der Waals surface area contributed by atoms with Gasteiger partial charge in [0.25, 0.3) is 11.8 Å². The standard InChI is InChI=1S/C37H32ClN9O4/c1-20-34-44-43-21(2)46(34)29-12-9-23(17-27(29)33(41-20)22-7-10-25(38)11-8-22)24-18-40-45(19-24)16-4-15-39-28-6-3-5-26-32(28)37(51)47(36(26)50)30-13-14-31(48)42-35(30)49/h3,5-12,17-20,30,39H,4,13-16H2,1-2H3,(H,42,48,49)/t20-,30?/m0/s1. The van der Waals surface area contributed by atoms with Gasteiger partial charge in [0.05, 0.1) is 28.7 Å². The minimum Gasteiger partial charge on any atom is -0.384 e. The molecule has 3 aliphatic rings. The summed E-state index contributed by atoms with van der Waals surface area (Å²) in [6, 6.07) is 17.7. The van der Waals surface area contributed by atoms with E-state index < -0.39 is 29.7 Å². The number of benzene rings is 3. The second kappa shape index (κ2) is 12.7. The lowest BCUT2D eigenvalue weighted by molar-refractivity contribution is -0.136.